The number of ether oxygens (including phenoxy) is 1. The molecular formula is C12H22BrNO2. The topological polar surface area (TPSA) is 38.3 Å². The maximum atomic E-state index is 11.2. The summed E-state index contributed by atoms with van der Waals surface area (Å²) in [7, 11) is 1.42. The van der Waals surface area contributed by atoms with Gasteiger partial charge in [0, 0.05) is 13.1 Å². The van der Waals surface area contributed by atoms with Gasteiger partial charge in [-0.3, -0.25) is 4.79 Å². The Morgan fingerprint density at radius 2 is 2.06 bits per heavy atom. The molecule has 1 N–H and O–H groups in total. The summed E-state index contributed by atoms with van der Waals surface area (Å²) < 4.78 is 4.65. The van der Waals surface area contributed by atoms with E-state index in [0.717, 1.165) is 6.54 Å². The Balaban J connectivity index is 2.21. The number of esters is 1. The van der Waals surface area contributed by atoms with Gasteiger partial charge < -0.3 is 10.1 Å². The lowest BCUT2D eigenvalue weighted by atomic mass is 9.76. The first-order valence-electron chi connectivity index (χ1n) is 6.00. The van der Waals surface area contributed by atoms with E-state index in [9.17, 15) is 4.79 Å². The Morgan fingerprint density at radius 1 is 1.44 bits per heavy atom. The third-order valence-corrected chi connectivity index (χ3v) is 4.09. The van der Waals surface area contributed by atoms with E-state index in [1.165, 1.54) is 39.2 Å². The molecule has 16 heavy (non-hydrogen) atoms. The van der Waals surface area contributed by atoms with E-state index in [4.69, 9.17) is 0 Å². The van der Waals surface area contributed by atoms with Crippen LogP contribution < -0.4 is 5.32 Å². The third kappa shape index (κ3) is 4.42. The minimum atomic E-state index is -0.232. The van der Waals surface area contributed by atoms with Crippen LogP contribution >= 0.6 is 15.9 Å². The number of hydrogen-bond donors (Lipinski definition) is 1. The van der Waals surface area contributed by atoms with Gasteiger partial charge in [-0.15, -0.1) is 0 Å². The highest BCUT2D eigenvalue weighted by Crippen LogP contribution is 2.34. The van der Waals surface area contributed by atoms with Crippen molar-refractivity contribution in [2.75, 3.05) is 20.2 Å². The zero-order valence-corrected chi connectivity index (χ0v) is 11.8. The van der Waals surface area contributed by atoms with Gasteiger partial charge in [0.25, 0.3) is 0 Å². The monoisotopic (exact) mass is 291 g/mol. The van der Waals surface area contributed by atoms with Gasteiger partial charge in [0.1, 0.15) is 4.83 Å². The van der Waals surface area contributed by atoms with E-state index >= 15 is 0 Å². The van der Waals surface area contributed by atoms with Gasteiger partial charge in [0.2, 0.25) is 0 Å². The normalized spacial score (nSPS) is 21.4. The lowest BCUT2D eigenvalue weighted by Gasteiger charge is -2.34. The molecule has 1 rings (SSSR count). The smallest absolute Gasteiger partial charge is 0.320 e. The van der Waals surface area contributed by atoms with Crippen LogP contribution in [0.2, 0.25) is 0 Å². The second-order valence-electron chi connectivity index (χ2n) is 4.99. The molecule has 0 bridgehead atoms. The van der Waals surface area contributed by atoms with Gasteiger partial charge in [-0.25, -0.2) is 0 Å². The molecule has 0 saturated heterocycles. The molecule has 3 nitrogen and oxygen atoms in total. The number of rotatable bonds is 5. The number of carbonyl (C=O) groups is 1. The summed E-state index contributed by atoms with van der Waals surface area (Å²) in [6.07, 6.45) is 6.65. The molecule has 1 aliphatic rings. The average molecular weight is 292 g/mol. The van der Waals surface area contributed by atoms with Gasteiger partial charge in [-0.1, -0.05) is 42.1 Å². The Bertz CT molecular complexity index is 227. The fraction of sp³-hybridized carbons (Fsp3) is 0.917. The highest BCUT2D eigenvalue weighted by molar-refractivity contribution is 9.10. The number of hydrogen-bond acceptors (Lipinski definition) is 3. The molecule has 0 amide bonds. The van der Waals surface area contributed by atoms with Crippen molar-refractivity contribution in [3.05, 3.63) is 0 Å². The van der Waals surface area contributed by atoms with Gasteiger partial charge in [-0.2, -0.15) is 0 Å². The Hall–Kier alpha value is -0.0900. The van der Waals surface area contributed by atoms with Crippen LogP contribution in [0.15, 0.2) is 0 Å². The summed E-state index contributed by atoms with van der Waals surface area (Å²) in [5.74, 6) is -0.207. The van der Waals surface area contributed by atoms with Crippen molar-refractivity contribution in [3.8, 4) is 0 Å². The van der Waals surface area contributed by atoms with Gasteiger partial charge in [-0.05, 0) is 18.3 Å². The fourth-order valence-electron chi connectivity index (χ4n) is 2.29. The van der Waals surface area contributed by atoms with E-state index < -0.39 is 0 Å². The highest BCUT2D eigenvalue weighted by Gasteiger charge is 2.26. The van der Waals surface area contributed by atoms with Crippen LogP contribution in [0.3, 0.4) is 0 Å². The lowest BCUT2D eigenvalue weighted by Crippen LogP contribution is -2.38. The predicted octanol–water partition coefficient (Wildman–Crippen LogP) is 2.48. The fourth-order valence-corrected chi connectivity index (χ4v) is 2.71. The second kappa shape index (κ2) is 6.60. The summed E-state index contributed by atoms with van der Waals surface area (Å²) in [4.78, 5) is 10.9. The van der Waals surface area contributed by atoms with Crippen LogP contribution in [0, 0.1) is 5.41 Å². The largest absolute Gasteiger partial charge is 0.468 e. The minimum absolute atomic E-state index is 0.207. The molecule has 94 valence electrons. The Labute approximate surface area is 106 Å². The quantitative estimate of drug-likeness (QED) is 0.625. The average Bonchev–Trinajstić information content (AvgIpc) is 2.28. The summed E-state index contributed by atoms with van der Waals surface area (Å²) in [5, 5.41) is 3.36. The van der Waals surface area contributed by atoms with E-state index in [2.05, 4.69) is 32.9 Å². The third-order valence-electron chi connectivity index (χ3n) is 3.39. The van der Waals surface area contributed by atoms with E-state index in [0.29, 0.717) is 12.0 Å². The van der Waals surface area contributed by atoms with Crippen LogP contribution in [-0.4, -0.2) is 31.0 Å². The van der Waals surface area contributed by atoms with E-state index in [-0.39, 0.29) is 10.8 Å². The first kappa shape index (κ1) is 14.0. The van der Waals surface area contributed by atoms with Crippen LogP contribution in [0.5, 0.6) is 0 Å². The molecule has 0 spiro atoms. The van der Waals surface area contributed by atoms with Crippen LogP contribution in [0.25, 0.3) is 0 Å². The molecule has 1 saturated carbocycles. The first-order valence-corrected chi connectivity index (χ1v) is 6.92. The van der Waals surface area contributed by atoms with Gasteiger partial charge in [0.15, 0.2) is 0 Å². The molecule has 1 atom stereocenters. The van der Waals surface area contributed by atoms with Gasteiger partial charge >= 0.3 is 5.97 Å². The van der Waals surface area contributed by atoms with Crippen molar-refractivity contribution in [2.24, 2.45) is 5.41 Å². The number of methoxy groups -OCH3 is 1. The molecule has 0 aromatic rings. The zero-order chi connectivity index (χ0) is 12.0. The van der Waals surface area contributed by atoms with Crippen LogP contribution in [0.4, 0.5) is 0 Å². The summed E-state index contributed by atoms with van der Waals surface area (Å²) in [6, 6.07) is 0. The molecule has 0 aromatic heterocycles. The molecule has 1 aliphatic carbocycles. The number of nitrogens with one attached hydrogen (secondary N) is 1. The van der Waals surface area contributed by atoms with Crippen LogP contribution in [0.1, 0.15) is 39.0 Å². The summed E-state index contributed by atoms with van der Waals surface area (Å²) in [6.45, 7) is 3.97. The van der Waals surface area contributed by atoms with Crippen LogP contribution in [-0.2, 0) is 9.53 Å². The molecule has 4 heteroatoms. The predicted molar refractivity (Wildman–Crippen MR) is 68.8 cm³/mol. The maximum Gasteiger partial charge on any atom is 0.320 e. The minimum Gasteiger partial charge on any atom is -0.468 e. The molecular weight excluding hydrogens is 270 g/mol. The summed E-state index contributed by atoms with van der Waals surface area (Å²) in [5.41, 5.74) is 0.418. The summed E-state index contributed by atoms with van der Waals surface area (Å²) >= 11 is 3.31. The van der Waals surface area contributed by atoms with Crippen molar-refractivity contribution < 1.29 is 9.53 Å². The van der Waals surface area contributed by atoms with Crippen molar-refractivity contribution in [2.45, 2.75) is 43.9 Å². The SMILES string of the molecule is COC(=O)C(Br)CNCC1(C)CCCCC1. The number of carbonyl (C=O) groups excluding carboxylic acids is 1. The standard InChI is InChI=1S/C12H22BrNO2/c1-12(6-4-3-5-7-12)9-14-8-10(13)11(15)16-2/h10,14H,3-9H2,1-2H3. The van der Waals surface area contributed by atoms with E-state index in [1.807, 2.05) is 0 Å². The molecule has 0 radical (unpaired) electrons. The van der Waals surface area contributed by atoms with Crippen molar-refractivity contribution in [1.82, 2.24) is 5.32 Å². The second-order valence-corrected chi connectivity index (χ2v) is 6.10. The Kier molecular flexibility index (Phi) is 5.76. The first-order chi connectivity index (χ1) is 7.57. The van der Waals surface area contributed by atoms with Crippen molar-refractivity contribution in [1.29, 1.82) is 0 Å². The maximum absolute atomic E-state index is 11.2. The van der Waals surface area contributed by atoms with Crippen molar-refractivity contribution in [3.63, 3.8) is 0 Å². The zero-order valence-electron chi connectivity index (χ0n) is 10.2. The molecule has 0 aromatic carbocycles. The lowest BCUT2D eigenvalue weighted by molar-refractivity contribution is -0.139. The Morgan fingerprint density at radius 3 is 2.62 bits per heavy atom. The molecule has 1 fully saturated rings. The number of halogens is 1. The highest BCUT2D eigenvalue weighted by atomic mass is 79.9. The number of alkyl halides is 1. The molecule has 1 unspecified atom stereocenters. The van der Waals surface area contributed by atoms with Gasteiger partial charge in [0.05, 0.1) is 7.11 Å². The molecule has 0 heterocycles. The van der Waals surface area contributed by atoms with Crippen molar-refractivity contribution >= 4 is 21.9 Å². The molecule has 0 aliphatic heterocycles. The van der Waals surface area contributed by atoms with E-state index in [1.54, 1.807) is 0 Å².